The summed E-state index contributed by atoms with van der Waals surface area (Å²) in [4.78, 5) is 0. The van der Waals surface area contributed by atoms with E-state index in [1.165, 1.54) is 10.8 Å². The highest BCUT2D eigenvalue weighted by atomic mass is 19.5. The quantitative estimate of drug-likeness (QED) is 0.384. The fourth-order valence-electron chi connectivity index (χ4n) is 1.80. The minimum Gasteiger partial charge on any atom is -0.418 e. The molecular formula is C12H9BF4O. The van der Waals surface area contributed by atoms with Gasteiger partial charge in [0.05, 0.1) is 10.8 Å². The smallest absolute Gasteiger partial charge is 0.418 e. The molecule has 94 valence electrons. The Labute approximate surface area is 101 Å². The molecule has 0 aromatic heterocycles. The van der Waals surface area contributed by atoms with Crippen LogP contribution in [0, 0.1) is 0 Å². The Morgan fingerprint density at radius 1 is 1.06 bits per heavy atom. The first kappa shape index (κ1) is 12.6. The van der Waals surface area contributed by atoms with E-state index < -0.39 is 7.25 Å². The van der Waals surface area contributed by atoms with Gasteiger partial charge < -0.3 is 17.3 Å². The van der Waals surface area contributed by atoms with Crippen molar-refractivity contribution in [2.45, 2.75) is 6.42 Å². The van der Waals surface area contributed by atoms with Crippen LogP contribution in [0.2, 0.25) is 0 Å². The average molecular weight is 256 g/mol. The van der Waals surface area contributed by atoms with Gasteiger partial charge in [0.25, 0.3) is 0 Å². The topological polar surface area (TPSA) is 11.3 Å². The van der Waals surface area contributed by atoms with Crippen LogP contribution < -0.4 is 10.6 Å². The molecule has 3 rings (SSSR count). The van der Waals surface area contributed by atoms with Crippen molar-refractivity contribution in [3.63, 3.8) is 0 Å². The van der Waals surface area contributed by atoms with Crippen LogP contribution in [0.5, 0.6) is 0 Å². The molecule has 0 amide bonds. The van der Waals surface area contributed by atoms with Gasteiger partial charge in [-0.3, -0.25) is 0 Å². The Morgan fingerprint density at radius 2 is 1.72 bits per heavy atom. The Morgan fingerprint density at radius 3 is 2.44 bits per heavy atom. The molecule has 18 heavy (non-hydrogen) atoms. The minimum atomic E-state index is -6.00. The third kappa shape index (κ3) is 3.09. The van der Waals surface area contributed by atoms with Gasteiger partial charge in [-0.1, -0.05) is 24.3 Å². The van der Waals surface area contributed by atoms with Crippen LogP contribution in [0.4, 0.5) is 17.3 Å². The van der Waals surface area contributed by atoms with Gasteiger partial charge in [0.15, 0.2) is 0 Å². The van der Waals surface area contributed by atoms with Gasteiger partial charge in [-0.15, -0.1) is 0 Å². The lowest BCUT2D eigenvalue weighted by molar-refractivity contribution is 0.368. The number of benzene rings is 1. The third-order valence-corrected chi connectivity index (χ3v) is 2.44. The normalized spacial score (nSPS) is 16.0. The van der Waals surface area contributed by atoms with Gasteiger partial charge in [0.1, 0.15) is 0 Å². The summed E-state index contributed by atoms with van der Waals surface area (Å²) in [5.74, 6) is 1.02. The largest absolute Gasteiger partial charge is 0.673 e. The fourth-order valence-corrected chi connectivity index (χ4v) is 1.80. The molecular weight excluding hydrogens is 247 g/mol. The first-order valence-electron chi connectivity index (χ1n) is 5.33. The number of hydrogen-bond donors (Lipinski definition) is 0. The highest BCUT2D eigenvalue weighted by Crippen LogP contribution is 2.21. The molecule has 0 N–H and O–H groups in total. The molecule has 0 saturated carbocycles. The van der Waals surface area contributed by atoms with E-state index in [-0.39, 0.29) is 0 Å². The van der Waals surface area contributed by atoms with Crippen LogP contribution in [-0.4, -0.2) is 7.25 Å². The van der Waals surface area contributed by atoms with E-state index in [2.05, 4.69) is 18.2 Å². The van der Waals surface area contributed by atoms with Gasteiger partial charge >= 0.3 is 18.4 Å². The minimum absolute atomic E-state index is 0.989. The highest BCUT2D eigenvalue weighted by molar-refractivity contribution is 6.50. The Kier molecular flexibility index (Phi) is 3.36. The summed E-state index contributed by atoms with van der Waals surface area (Å²) in [7, 11) is -6.00. The van der Waals surface area contributed by atoms with Gasteiger partial charge in [0.2, 0.25) is 0 Å². The summed E-state index contributed by atoms with van der Waals surface area (Å²) < 4.78 is 44.7. The molecule has 0 radical (unpaired) electrons. The van der Waals surface area contributed by atoms with Crippen molar-refractivity contribution >= 4 is 12.8 Å². The Bertz CT molecular complexity index is 622. The second-order valence-electron chi connectivity index (χ2n) is 3.73. The zero-order valence-electron chi connectivity index (χ0n) is 9.25. The van der Waals surface area contributed by atoms with E-state index in [0.717, 1.165) is 17.6 Å². The summed E-state index contributed by atoms with van der Waals surface area (Å²) in [6.07, 6.45) is 7.22. The number of para-hydroxylation sites is 1. The maximum Gasteiger partial charge on any atom is 0.673 e. The molecule has 0 saturated heterocycles. The van der Waals surface area contributed by atoms with E-state index >= 15 is 0 Å². The lowest BCUT2D eigenvalue weighted by atomic mass is 10.0. The van der Waals surface area contributed by atoms with Crippen LogP contribution in [-0.2, 0) is 0 Å². The summed E-state index contributed by atoms with van der Waals surface area (Å²) in [6.45, 7) is 0. The molecule has 0 unspecified atom stereocenters. The van der Waals surface area contributed by atoms with E-state index in [1.54, 1.807) is 0 Å². The van der Waals surface area contributed by atoms with Crippen LogP contribution in [0.15, 0.2) is 52.7 Å². The monoisotopic (exact) mass is 256 g/mol. The lowest BCUT2D eigenvalue weighted by Crippen LogP contribution is -2.21. The summed E-state index contributed by atoms with van der Waals surface area (Å²) in [5.41, 5.74) is 2.31. The number of hydrogen-bond acceptors (Lipinski definition) is 0. The van der Waals surface area contributed by atoms with E-state index in [1.807, 2.05) is 24.3 Å². The van der Waals surface area contributed by atoms with Crippen molar-refractivity contribution in [1.29, 1.82) is 0 Å². The molecule has 1 aromatic rings. The van der Waals surface area contributed by atoms with E-state index in [9.17, 15) is 17.3 Å². The second-order valence-corrected chi connectivity index (χ2v) is 3.73. The Hall–Kier alpha value is -1.85. The SMILES string of the molecule is C1=CCC2=c3ccccc3=[O+]C2=C1.F[B-](F)(F)F. The molecule has 1 aliphatic carbocycles. The number of halogens is 4. The van der Waals surface area contributed by atoms with Crippen LogP contribution in [0.1, 0.15) is 6.42 Å². The van der Waals surface area contributed by atoms with E-state index in [0.29, 0.717) is 0 Å². The van der Waals surface area contributed by atoms with Gasteiger partial charge in [0, 0.05) is 18.6 Å². The molecule has 1 aromatic carbocycles. The predicted molar refractivity (Wildman–Crippen MR) is 63.4 cm³/mol. The molecule has 1 aliphatic heterocycles. The maximum atomic E-state index is 9.75. The standard InChI is InChI=1S/C12H9O.BF4/c1-3-7-11-9(5-1)10-6-2-4-8-12(10)13-11;2-1(3,4)5/h1-5,7-8H,6H2;/q+1;-1. The molecule has 0 bridgehead atoms. The van der Waals surface area contributed by atoms with Gasteiger partial charge in [-0.25, -0.2) is 4.42 Å². The zero-order chi connectivity index (χ0) is 13.2. The molecule has 2 aliphatic rings. The Balaban J connectivity index is 0.000000209. The van der Waals surface area contributed by atoms with Crippen molar-refractivity contribution < 1.29 is 17.3 Å². The van der Waals surface area contributed by atoms with Crippen molar-refractivity contribution in [1.82, 2.24) is 0 Å². The van der Waals surface area contributed by atoms with Gasteiger partial charge in [-0.2, -0.15) is 0 Å². The first-order chi connectivity index (χ1) is 8.45. The predicted octanol–water partition coefficient (Wildman–Crippen LogP) is 2.61. The highest BCUT2D eigenvalue weighted by Gasteiger charge is 2.25. The van der Waals surface area contributed by atoms with Crippen LogP contribution >= 0.6 is 0 Å². The number of rotatable bonds is 0. The number of allylic oxidation sites excluding steroid dienone is 4. The summed E-state index contributed by atoms with van der Waals surface area (Å²) in [5, 5.41) is 1.25. The first-order valence-corrected chi connectivity index (χ1v) is 5.33. The lowest BCUT2D eigenvalue weighted by Gasteiger charge is -1.94. The summed E-state index contributed by atoms with van der Waals surface area (Å²) >= 11 is 0. The average Bonchev–Trinajstić information content (AvgIpc) is 2.65. The molecule has 0 atom stereocenters. The second kappa shape index (κ2) is 4.80. The zero-order valence-corrected chi connectivity index (χ0v) is 9.25. The molecule has 0 fully saturated rings. The molecule has 0 spiro atoms. The molecule has 1 heterocycles. The van der Waals surface area contributed by atoms with Crippen LogP contribution in [0.3, 0.4) is 0 Å². The summed E-state index contributed by atoms with van der Waals surface area (Å²) in [6, 6.07) is 8.19. The molecule has 6 heteroatoms. The van der Waals surface area contributed by atoms with Crippen molar-refractivity contribution in [2.24, 2.45) is 0 Å². The van der Waals surface area contributed by atoms with Crippen LogP contribution in [0.25, 0.3) is 5.57 Å². The van der Waals surface area contributed by atoms with Crippen molar-refractivity contribution in [2.75, 3.05) is 0 Å². The van der Waals surface area contributed by atoms with Crippen molar-refractivity contribution in [3.05, 3.63) is 63.3 Å². The van der Waals surface area contributed by atoms with Crippen molar-refractivity contribution in [3.8, 4) is 0 Å². The number of fused-ring (bicyclic) bond motifs is 2. The fraction of sp³-hybridized carbons (Fsp3) is 0.0833. The molecule has 1 nitrogen and oxygen atoms in total. The third-order valence-electron chi connectivity index (χ3n) is 2.44. The maximum absolute atomic E-state index is 9.75. The van der Waals surface area contributed by atoms with Gasteiger partial charge in [-0.05, 0) is 6.07 Å². The van der Waals surface area contributed by atoms with E-state index in [4.69, 9.17) is 4.42 Å².